The molecule has 1 aromatic carbocycles. The van der Waals surface area contributed by atoms with Gasteiger partial charge in [-0.15, -0.1) is 0 Å². The normalized spacial score (nSPS) is 11.9. The summed E-state index contributed by atoms with van der Waals surface area (Å²) in [4.78, 5) is 8.34. The lowest BCUT2D eigenvalue weighted by atomic mass is 10.1. The van der Waals surface area contributed by atoms with E-state index in [2.05, 4.69) is 25.3 Å². The quantitative estimate of drug-likeness (QED) is 0.321. The van der Waals surface area contributed by atoms with Crippen LogP contribution in [0.3, 0.4) is 0 Å². The molecule has 0 radical (unpaired) electrons. The van der Waals surface area contributed by atoms with Crippen molar-refractivity contribution in [1.82, 2.24) is 39.3 Å². The number of aryl methyl sites for hydroxylation is 4. The molecule has 12 heteroatoms. The molecule has 0 saturated heterocycles. The Morgan fingerprint density at radius 1 is 0.778 bits per heavy atom. The summed E-state index contributed by atoms with van der Waals surface area (Å²) in [5.74, 6) is -0.221. The molecule has 0 aliphatic rings. The summed E-state index contributed by atoms with van der Waals surface area (Å²) in [6.45, 7) is 3.65. The van der Waals surface area contributed by atoms with Crippen molar-refractivity contribution in [2.75, 3.05) is 0 Å². The number of aromatic nitrogens is 8. The molecule has 0 saturated carbocycles. The van der Waals surface area contributed by atoms with Gasteiger partial charge in [0, 0.05) is 48.2 Å². The van der Waals surface area contributed by atoms with Crippen molar-refractivity contribution in [3.63, 3.8) is 0 Å². The summed E-state index contributed by atoms with van der Waals surface area (Å²) in [6.07, 6.45) is -1.12. The van der Waals surface area contributed by atoms with Gasteiger partial charge >= 0.3 is 6.18 Å². The predicted molar refractivity (Wildman–Crippen MR) is 128 cm³/mol. The van der Waals surface area contributed by atoms with E-state index in [0.29, 0.717) is 33.2 Å². The van der Waals surface area contributed by atoms with E-state index in [-0.39, 0.29) is 11.6 Å². The third-order valence-electron chi connectivity index (χ3n) is 5.62. The zero-order valence-corrected chi connectivity index (χ0v) is 20.5. The summed E-state index contributed by atoms with van der Waals surface area (Å²) in [7, 11) is 3.55. The summed E-state index contributed by atoms with van der Waals surface area (Å²) in [5, 5.41) is 13.8. The molecular weight excluding hydrogens is 493 g/mol. The van der Waals surface area contributed by atoms with Crippen LogP contribution in [0, 0.1) is 13.8 Å². The van der Waals surface area contributed by atoms with Crippen LogP contribution in [-0.2, 0) is 20.3 Å². The number of benzene rings is 1. The van der Waals surface area contributed by atoms with Crippen LogP contribution in [0.1, 0.15) is 17.1 Å². The van der Waals surface area contributed by atoms with Crippen LogP contribution in [0.4, 0.5) is 13.2 Å². The van der Waals surface area contributed by atoms with Crippen molar-refractivity contribution in [3.05, 3.63) is 70.9 Å². The molecule has 36 heavy (non-hydrogen) atoms. The lowest BCUT2D eigenvalue weighted by Gasteiger charge is -2.12. The highest BCUT2D eigenvalue weighted by Crippen LogP contribution is 2.34. The van der Waals surface area contributed by atoms with Gasteiger partial charge in [-0.2, -0.15) is 33.1 Å². The van der Waals surface area contributed by atoms with Gasteiger partial charge in [-0.25, -0.2) is 9.97 Å². The Morgan fingerprint density at radius 3 is 1.94 bits per heavy atom. The SMILES string of the molecule is Cc1nn(C)cc1-c1cc(-c2cn(C)nc2C)n(-c2nc(-c3ccc(Cl)cc3)cc(C(F)(F)F)n2)n1. The highest BCUT2D eigenvalue weighted by atomic mass is 35.5. The summed E-state index contributed by atoms with van der Waals surface area (Å²) in [5.41, 5.74) is 3.32. The zero-order valence-electron chi connectivity index (χ0n) is 19.7. The first-order valence-corrected chi connectivity index (χ1v) is 11.2. The molecule has 0 aliphatic carbocycles. The molecular formula is C24H20ClF3N8. The molecule has 0 N–H and O–H groups in total. The van der Waals surface area contributed by atoms with Gasteiger partial charge in [0.2, 0.25) is 0 Å². The first-order chi connectivity index (χ1) is 17.0. The van der Waals surface area contributed by atoms with E-state index in [0.717, 1.165) is 17.3 Å². The second-order valence-electron chi connectivity index (χ2n) is 8.37. The van der Waals surface area contributed by atoms with E-state index in [4.69, 9.17) is 11.6 Å². The van der Waals surface area contributed by atoms with Crippen LogP contribution < -0.4 is 0 Å². The number of halogens is 4. The molecule has 184 valence electrons. The smallest absolute Gasteiger partial charge is 0.275 e. The number of hydrogen-bond donors (Lipinski definition) is 0. The van der Waals surface area contributed by atoms with Crippen molar-refractivity contribution in [1.29, 1.82) is 0 Å². The van der Waals surface area contributed by atoms with Gasteiger partial charge < -0.3 is 0 Å². The predicted octanol–water partition coefficient (Wildman–Crippen LogP) is 5.42. The van der Waals surface area contributed by atoms with Gasteiger partial charge in [0.05, 0.1) is 28.5 Å². The second kappa shape index (κ2) is 8.59. The Labute approximate surface area is 209 Å². The molecule has 0 fully saturated rings. The van der Waals surface area contributed by atoms with E-state index in [9.17, 15) is 13.2 Å². The van der Waals surface area contributed by atoms with E-state index in [1.165, 1.54) is 4.68 Å². The molecule has 0 aliphatic heterocycles. The molecule has 0 spiro atoms. The average molecular weight is 513 g/mol. The zero-order chi connectivity index (χ0) is 25.8. The first-order valence-electron chi connectivity index (χ1n) is 10.8. The van der Waals surface area contributed by atoms with Crippen molar-refractivity contribution in [2.24, 2.45) is 14.1 Å². The summed E-state index contributed by atoms with van der Waals surface area (Å²) in [6, 6.07) is 9.08. The maximum Gasteiger partial charge on any atom is 0.433 e. The molecule has 0 atom stereocenters. The second-order valence-corrected chi connectivity index (χ2v) is 8.81. The lowest BCUT2D eigenvalue weighted by Crippen LogP contribution is -2.14. The van der Waals surface area contributed by atoms with Crippen molar-refractivity contribution < 1.29 is 13.2 Å². The van der Waals surface area contributed by atoms with Gasteiger partial charge in [0.1, 0.15) is 0 Å². The largest absolute Gasteiger partial charge is 0.433 e. The third kappa shape index (κ3) is 4.37. The molecule has 5 aromatic rings. The fourth-order valence-electron chi connectivity index (χ4n) is 4.00. The maximum atomic E-state index is 13.9. The van der Waals surface area contributed by atoms with Crippen LogP contribution in [-0.4, -0.2) is 39.3 Å². The highest BCUT2D eigenvalue weighted by Gasteiger charge is 2.34. The van der Waals surface area contributed by atoms with Crippen molar-refractivity contribution >= 4 is 11.6 Å². The Morgan fingerprint density at radius 2 is 1.39 bits per heavy atom. The summed E-state index contributed by atoms with van der Waals surface area (Å²) < 4.78 is 46.3. The van der Waals surface area contributed by atoms with Crippen LogP contribution in [0.5, 0.6) is 0 Å². The summed E-state index contributed by atoms with van der Waals surface area (Å²) >= 11 is 5.97. The van der Waals surface area contributed by atoms with E-state index >= 15 is 0 Å². The van der Waals surface area contributed by atoms with E-state index < -0.39 is 11.9 Å². The van der Waals surface area contributed by atoms with Gasteiger partial charge in [-0.05, 0) is 38.1 Å². The first kappa shape index (κ1) is 23.7. The molecule has 4 aromatic heterocycles. The minimum Gasteiger partial charge on any atom is -0.275 e. The van der Waals surface area contributed by atoms with Gasteiger partial charge in [0.15, 0.2) is 5.69 Å². The Hall–Kier alpha value is -3.99. The topological polar surface area (TPSA) is 79.2 Å². The number of rotatable bonds is 4. The Balaban J connectivity index is 1.78. The van der Waals surface area contributed by atoms with E-state index in [1.54, 1.807) is 66.2 Å². The maximum absolute atomic E-state index is 13.9. The molecule has 0 bridgehead atoms. The van der Waals surface area contributed by atoms with E-state index in [1.807, 2.05) is 13.8 Å². The van der Waals surface area contributed by atoms with Crippen LogP contribution in [0.15, 0.2) is 48.8 Å². The minimum atomic E-state index is -4.70. The molecule has 5 rings (SSSR count). The van der Waals surface area contributed by atoms with Gasteiger partial charge in [-0.3, -0.25) is 9.36 Å². The Bertz CT molecular complexity index is 1580. The van der Waals surface area contributed by atoms with Gasteiger partial charge in [0.25, 0.3) is 5.95 Å². The highest BCUT2D eigenvalue weighted by molar-refractivity contribution is 6.30. The van der Waals surface area contributed by atoms with Crippen molar-refractivity contribution in [2.45, 2.75) is 20.0 Å². The molecule has 8 nitrogen and oxygen atoms in total. The van der Waals surface area contributed by atoms with Crippen LogP contribution in [0.25, 0.3) is 39.7 Å². The standard InChI is InChI=1S/C24H20ClF3N8/c1-13-17(11-34(3)31-13)20-9-21(18-12-35(4)32-14(18)2)36(33-20)23-29-19(10-22(30-23)24(26,27)28)15-5-7-16(25)8-6-15/h5-12H,1-4H3. The van der Waals surface area contributed by atoms with Crippen LogP contribution in [0.2, 0.25) is 5.02 Å². The fraction of sp³-hybridized carbons (Fsp3) is 0.208. The van der Waals surface area contributed by atoms with Crippen LogP contribution >= 0.6 is 11.6 Å². The average Bonchev–Trinajstić information content (AvgIpc) is 3.49. The molecule has 0 unspecified atom stereocenters. The molecule has 0 amide bonds. The molecule has 4 heterocycles. The third-order valence-corrected chi connectivity index (χ3v) is 5.87. The fourth-order valence-corrected chi connectivity index (χ4v) is 4.13. The lowest BCUT2D eigenvalue weighted by molar-refractivity contribution is -0.141. The minimum absolute atomic E-state index is 0.0902. The monoisotopic (exact) mass is 512 g/mol. The Kier molecular flexibility index (Phi) is 5.67. The number of hydrogen-bond acceptors (Lipinski definition) is 5. The number of alkyl halides is 3. The van der Waals surface area contributed by atoms with Gasteiger partial charge in [-0.1, -0.05) is 23.7 Å². The van der Waals surface area contributed by atoms with Crippen molar-refractivity contribution in [3.8, 4) is 39.7 Å². The number of nitrogens with zero attached hydrogens (tertiary/aromatic N) is 8.